The molecule has 0 amide bonds. The van der Waals surface area contributed by atoms with E-state index in [1.54, 1.807) is 5.56 Å². The number of allylic oxidation sites excluding steroid dienone is 1. The van der Waals surface area contributed by atoms with Crippen LogP contribution in [-0.2, 0) is 6.42 Å². The normalized spacial score (nSPS) is 20.5. The summed E-state index contributed by atoms with van der Waals surface area (Å²) < 4.78 is 0. The number of hydrogen-bond donors (Lipinski definition) is 0. The summed E-state index contributed by atoms with van der Waals surface area (Å²) in [6, 6.07) is 7.11. The average molecular weight is 198 g/mol. The van der Waals surface area contributed by atoms with Gasteiger partial charge in [0.15, 0.2) is 0 Å². The molecule has 0 aliphatic heterocycles. The minimum absolute atomic E-state index is 0.852. The highest BCUT2D eigenvalue weighted by Crippen LogP contribution is 2.34. The van der Waals surface area contributed by atoms with Crippen LogP contribution in [0, 0.1) is 0 Å². The topological polar surface area (TPSA) is 0 Å². The number of rotatable bonds is 1. The first-order chi connectivity index (χ1) is 7.43. The Morgan fingerprint density at radius 2 is 1.87 bits per heavy atom. The molecule has 1 saturated carbocycles. The minimum atomic E-state index is 0.852. The first kappa shape index (κ1) is 9.21. The van der Waals surface area contributed by atoms with Crippen LogP contribution in [0.15, 0.2) is 24.3 Å². The lowest BCUT2D eigenvalue weighted by Gasteiger charge is -2.22. The van der Waals surface area contributed by atoms with E-state index in [4.69, 9.17) is 0 Å². The van der Waals surface area contributed by atoms with E-state index in [2.05, 4.69) is 30.4 Å². The van der Waals surface area contributed by atoms with Crippen LogP contribution < -0.4 is 0 Å². The highest BCUT2D eigenvalue weighted by Gasteiger charge is 2.16. The maximum absolute atomic E-state index is 2.45. The molecule has 2 aliphatic carbocycles. The van der Waals surface area contributed by atoms with Crippen LogP contribution in [0.1, 0.15) is 54.7 Å². The van der Waals surface area contributed by atoms with Crippen LogP contribution in [0.5, 0.6) is 0 Å². The fraction of sp³-hybridized carbons (Fsp3) is 0.467. The monoisotopic (exact) mass is 198 g/mol. The van der Waals surface area contributed by atoms with Gasteiger partial charge in [-0.3, -0.25) is 0 Å². The molecule has 1 aromatic carbocycles. The summed E-state index contributed by atoms with van der Waals surface area (Å²) in [4.78, 5) is 0. The predicted octanol–water partition coefficient (Wildman–Crippen LogP) is 4.30. The molecule has 2 aliphatic rings. The summed E-state index contributed by atoms with van der Waals surface area (Å²) in [5.41, 5.74) is 4.57. The lowest BCUT2D eigenvalue weighted by Crippen LogP contribution is -2.04. The Morgan fingerprint density at radius 1 is 1.00 bits per heavy atom. The molecule has 0 nitrogen and oxygen atoms in total. The maximum atomic E-state index is 2.45. The lowest BCUT2D eigenvalue weighted by atomic mass is 9.83. The predicted molar refractivity (Wildman–Crippen MR) is 65.0 cm³/mol. The molecule has 3 rings (SSSR count). The zero-order valence-corrected chi connectivity index (χ0v) is 9.21. The highest BCUT2D eigenvalue weighted by atomic mass is 14.2. The maximum Gasteiger partial charge on any atom is -0.00881 e. The van der Waals surface area contributed by atoms with Gasteiger partial charge in [0.2, 0.25) is 0 Å². The molecule has 0 saturated heterocycles. The summed E-state index contributed by atoms with van der Waals surface area (Å²) in [6.45, 7) is 0. The summed E-state index contributed by atoms with van der Waals surface area (Å²) in [5.74, 6) is 0.852. The number of hydrogen-bond acceptors (Lipinski definition) is 0. The van der Waals surface area contributed by atoms with Crippen molar-refractivity contribution >= 4 is 6.08 Å². The minimum Gasteiger partial charge on any atom is -0.0795 e. The molecule has 78 valence electrons. The molecule has 0 N–H and O–H groups in total. The molecule has 0 radical (unpaired) electrons. The molecule has 0 heteroatoms. The third kappa shape index (κ3) is 1.73. The Balaban J connectivity index is 1.86. The van der Waals surface area contributed by atoms with E-state index in [-0.39, 0.29) is 0 Å². The van der Waals surface area contributed by atoms with E-state index in [0.29, 0.717) is 0 Å². The second kappa shape index (κ2) is 3.84. The van der Waals surface area contributed by atoms with Gasteiger partial charge in [-0.1, -0.05) is 49.6 Å². The van der Waals surface area contributed by atoms with Crippen LogP contribution in [0.2, 0.25) is 0 Å². The van der Waals surface area contributed by atoms with Gasteiger partial charge in [0, 0.05) is 0 Å². The quantitative estimate of drug-likeness (QED) is 0.631. The summed E-state index contributed by atoms with van der Waals surface area (Å²) >= 11 is 0. The smallest absolute Gasteiger partial charge is 0.00881 e. The van der Waals surface area contributed by atoms with E-state index in [0.717, 1.165) is 12.3 Å². The SMILES string of the molecule is C1=Cc2ccc(C3CCCCC3)cc2C1. The van der Waals surface area contributed by atoms with Gasteiger partial charge in [0.1, 0.15) is 0 Å². The molecule has 0 bridgehead atoms. The number of fused-ring (bicyclic) bond motifs is 1. The largest absolute Gasteiger partial charge is 0.0795 e. The van der Waals surface area contributed by atoms with Crippen LogP contribution in [-0.4, -0.2) is 0 Å². The molecule has 0 spiro atoms. The fourth-order valence-corrected chi connectivity index (χ4v) is 2.97. The van der Waals surface area contributed by atoms with Crippen molar-refractivity contribution in [1.29, 1.82) is 0 Å². The third-order valence-electron chi connectivity index (χ3n) is 3.88. The third-order valence-corrected chi connectivity index (χ3v) is 3.88. The van der Waals surface area contributed by atoms with E-state index in [9.17, 15) is 0 Å². The lowest BCUT2D eigenvalue weighted by molar-refractivity contribution is 0.443. The van der Waals surface area contributed by atoms with Gasteiger partial charge in [-0.15, -0.1) is 0 Å². The Kier molecular flexibility index (Phi) is 2.36. The van der Waals surface area contributed by atoms with Crippen molar-refractivity contribution in [2.24, 2.45) is 0 Å². The Morgan fingerprint density at radius 3 is 2.73 bits per heavy atom. The average Bonchev–Trinajstić information content (AvgIpc) is 2.77. The second-order valence-electron chi connectivity index (χ2n) is 4.90. The van der Waals surface area contributed by atoms with E-state index >= 15 is 0 Å². The van der Waals surface area contributed by atoms with Crippen molar-refractivity contribution in [3.8, 4) is 0 Å². The van der Waals surface area contributed by atoms with Crippen molar-refractivity contribution in [2.75, 3.05) is 0 Å². The number of benzene rings is 1. The zero-order chi connectivity index (χ0) is 10.1. The first-order valence-corrected chi connectivity index (χ1v) is 6.23. The van der Waals surface area contributed by atoms with Crippen molar-refractivity contribution in [3.63, 3.8) is 0 Å². The Bertz CT molecular complexity index is 381. The van der Waals surface area contributed by atoms with E-state index in [1.165, 1.54) is 43.2 Å². The van der Waals surface area contributed by atoms with Gasteiger partial charge in [0.25, 0.3) is 0 Å². The Hall–Kier alpha value is -1.04. The molecule has 1 fully saturated rings. The summed E-state index contributed by atoms with van der Waals surface area (Å²) in [5, 5.41) is 0. The van der Waals surface area contributed by atoms with Crippen LogP contribution in [0.25, 0.3) is 6.08 Å². The molecule has 0 atom stereocenters. The molecular weight excluding hydrogens is 180 g/mol. The molecule has 0 aromatic heterocycles. The summed E-state index contributed by atoms with van der Waals surface area (Å²) in [7, 11) is 0. The van der Waals surface area contributed by atoms with Crippen LogP contribution >= 0.6 is 0 Å². The molecule has 0 unspecified atom stereocenters. The van der Waals surface area contributed by atoms with E-state index in [1.807, 2.05) is 0 Å². The highest BCUT2D eigenvalue weighted by molar-refractivity contribution is 5.60. The standard InChI is InChI=1S/C15H18/c1-2-5-12(6-3-1)15-10-9-13-7-4-8-14(13)11-15/h4,7,9-12H,1-3,5-6,8H2. The molecule has 15 heavy (non-hydrogen) atoms. The molecular formula is C15H18. The van der Waals surface area contributed by atoms with Gasteiger partial charge >= 0.3 is 0 Å². The van der Waals surface area contributed by atoms with Crippen LogP contribution in [0.4, 0.5) is 0 Å². The van der Waals surface area contributed by atoms with Gasteiger partial charge < -0.3 is 0 Å². The van der Waals surface area contributed by atoms with Gasteiger partial charge in [-0.25, -0.2) is 0 Å². The molecule has 1 aromatic rings. The summed E-state index contributed by atoms with van der Waals surface area (Å²) in [6.07, 6.45) is 12.8. The van der Waals surface area contributed by atoms with Gasteiger partial charge in [-0.2, -0.15) is 0 Å². The fourth-order valence-electron chi connectivity index (χ4n) is 2.97. The van der Waals surface area contributed by atoms with Crippen molar-refractivity contribution in [1.82, 2.24) is 0 Å². The van der Waals surface area contributed by atoms with Crippen molar-refractivity contribution < 1.29 is 0 Å². The first-order valence-electron chi connectivity index (χ1n) is 6.23. The second-order valence-corrected chi connectivity index (χ2v) is 4.90. The van der Waals surface area contributed by atoms with Gasteiger partial charge in [0.05, 0.1) is 0 Å². The Labute approximate surface area is 92.0 Å². The molecule has 0 heterocycles. The van der Waals surface area contributed by atoms with Crippen molar-refractivity contribution in [3.05, 3.63) is 41.0 Å². The van der Waals surface area contributed by atoms with Crippen molar-refractivity contribution in [2.45, 2.75) is 44.4 Å². The van der Waals surface area contributed by atoms with E-state index < -0.39 is 0 Å². The zero-order valence-electron chi connectivity index (χ0n) is 9.21. The van der Waals surface area contributed by atoms with Gasteiger partial charge in [-0.05, 0) is 41.9 Å². The van der Waals surface area contributed by atoms with Crippen LogP contribution in [0.3, 0.4) is 0 Å².